The summed E-state index contributed by atoms with van der Waals surface area (Å²) < 4.78 is 5.75. The van der Waals surface area contributed by atoms with Crippen molar-refractivity contribution in [3.8, 4) is 0 Å². The van der Waals surface area contributed by atoms with Crippen molar-refractivity contribution < 1.29 is 19.1 Å². The number of hydrogen-bond acceptors (Lipinski definition) is 8. The van der Waals surface area contributed by atoms with Crippen molar-refractivity contribution in [3.63, 3.8) is 0 Å². The third-order valence-electron chi connectivity index (χ3n) is 6.09. The van der Waals surface area contributed by atoms with E-state index in [9.17, 15) is 14.4 Å². The van der Waals surface area contributed by atoms with Crippen LogP contribution in [0.4, 0.5) is 22.0 Å². The monoisotopic (exact) mass is 594 g/mol. The van der Waals surface area contributed by atoms with Gasteiger partial charge in [-0.2, -0.15) is 0 Å². The Kier molecular flexibility index (Phi) is 8.49. The van der Waals surface area contributed by atoms with E-state index in [1.165, 1.54) is 6.20 Å². The topological polar surface area (TPSA) is 140 Å². The third kappa shape index (κ3) is 7.32. The van der Waals surface area contributed by atoms with Crippen molar-refractivity contribution in [1.29, 1.82) is 0 Å². The highest BCUT2D eigenvalue weighted by Crippen LogP contribution is 2.31. The highest BCUT2D eigenvalue weighted by atomic mass is 79.9. The molecule has 0 aliphatic carbocycles. The molecule has 0 saturated carbocycles. The van der Waals surface area contributed by atoms with Crippen LogP contribution < -0.4 is 21.3 Å². The van der Waals surface area contributed by atoms with E-state index >= 15 is 0 Å². The van der Waals surface area contributed by atoms with Gasteiger partial charge in [0.25, 0.3) is 5.91 Å². The van der Waals surface area contributed by atoms with Crippen LogP contribution in [0.5, 0.6) is 0 Å². The fourth-order valence-electron chi connectivity index (χ4n) is 4.27. The van der Waals surface area contributed by atoms with Gasteiger partial charge in [-0.3, -0.25) is 9.59 Å². The van der Waals surface area contributed by atoms with E-state index in [4.69, 9.17) is 10.5 Å². The zero-order chi connectivity index (χ0) is 28.2. The summed E-state index contributed by atoms with van der Waals surface area (Å²) in [6.45, 7) is 6.71. The highest BCUT2D eigenvalue weighted by molar-refractivity contribution is 9.10. The van der Waals surface area contributed by atoms with Crippen molar-refractivity contribution in [1.82, 2.24) is 15.3 Å². The Morgan fingerprint density at radius 2 is 1.74 bits per heavy atom. The minimum Gasteiger partial charge on any atom is -0.444 e. The molecule has 2 aromatic carbocycles. The number of benzene rings is 2. The van der Waals surface area contributed by atoms with Crippen LogP contribution >= 0.6 is 15.9 Å². The molecule has 1 aromatic heterocycles. The predicted molar refractivity (Wildman–Crippen MR) is 153 cm³/mol. The first-order valence-electron chi connectivity index (χ1n) is 12.6. The molecule has 2 amide bonds. The lowest BCUT2D eigenvalue weighted by Gasteiger charge is -2.35. The Labute approximate surface area is 235 Å². The van der Waals surface area contributed by atoms with Gasteiger partial charge in [0.05, 0.1) is 17.6 Å². The molecule has 1 fully saturated rings. The van der Waals surface area contributed by atoms with Gasteiger partial charge in [0, 0.05) is 30.3 Å². The average Bonchev–Trinajstić information content (AvgIpc) is 2.89. The molecule has 0 spiro atoms. The molecule has 0 unspecified atom stereocenters. The van der Waals surface area contributed by atoms with Gasteiger partial charge in [-0.1, -0.05) is 30.3 Å². The molecule has 1 saturated heterocycles. The summed E-state index contributed by atoms with van der Waals surface area (Å²) in [4.78, 5) is 48.8. The van der Waals surface area contributed by atoms with Gasteiger partial charge in [-0.05, 0) is 67.7 Å². The lowest BCUT2D eigenvalue weighted by Crippen LogP contribution is -2.46. The fourth-order valence-corrected chi connectivity index (χ4v) is 4.55. The van der Waals surface area contributed by atoms with E-state index in [1.54, 1.807) is 36.4 Å². The molecule has 10 nitrogen and oxygen atoms in total. The lowest BCUT2D eigenvalue weighted by molar-refractivity contribution is 0.0497. The Bertz CT molecular complexity index is 1370. The van der Waals surface area contributed by atoms with Crippen molar-refractivity contribution in [2.45, 2.75) is 45.3 Å². The van der Waals surface area contributed by atoms with Gasteiger partial charge in [-0.25, -0.2) is 14.8 Å². The number of alkyl carbamates (subject to hydrolysis) is 1. The molecular formula is C28H31BrN6O4. The number of ether oxygens (including phenoxy) is 1. The number of ketones is 1. The molecule has 4 N–H and O–H groups in total. The molecule has 3 aromatic rings. The number of anilines is 3. The number of nitrogens with one attached hydrogen (secondary N) is 2. The van der Waals surface area contributed by atoms with E-state index in [2.05, 4.69) is 41.4 Å². The second-order valence-corrected chi connectivity index (χ2v) is 11.0. The number of amides is 2. The largest absolute Gasteiger partial charge is 0.444 e. The molecule has 2 heterocycles. The van der Waals surface area contributed by atoms with Crippen molar-refractivity contribution >= 4 is 50.9 Å². The Hall–Kier alpha value is -3.99. The molecule has 1 aliphatic rings. The summed E-state index contributed by atoms with van der Waals surface area (Å²) in [6, 6.07) is 14.1. The first-order valence-corrected chi connectivity index (χ1v) is 13.4. The summed E-state index contributed by atoms with van der Waals surface area (Å²) >= 11 is 3.22. The second kappa shape index (κ2) is 11.8. The third-order valence-corrected chi connectivity index (χ3v) is 6.47. The number of hydrogen-bond donors (Lipinski definition) is 3. The van der Waals surface area contributed by atoms with E-state index in [0.29, 0.717) is 47.3 Å². The zero-order valence-electron chi connectivity index (χ0n) is 22.0. The molecule has 0 bridgehead atoms. The van der Waals surface area contributed by atoms with Crippen LogP contribution in [0.15, 0.2) is 59.3 Å². The van der Waals surface area contributed by atoms with Crippen LogP contribution in [-0.4, -0.2) is 52.5 Å². The maximum Gasteiger partial charge on any atom is 0.407 e. The van der Waals surface area contributed by atoms with Gasteiger partial charge < -0.3 is 26.0 Å². The Balaban J connectivity index is 1.57. The molecule has 39 heavy (non-hydrogen) atoms. The van der Waals surface area contributed by atoms with Crippen LogP contribution in [0.3, 0.4) is 0 Å². The number of nitrogens with two attached hydrogens (primary N) is 1. The van der Waals surface area contributed by atoms with E-state index < -0.39 is 17.6 Å². The average molecular weight is 595 g/mol. The van der Waals surface area contributed by atoms with Crippen molar-refractivity contribution in [2.24, 2.45) is 0 Å². The van der Waals surface area contributed by atoms with Crippen LogP contribution in [0.1, 0.15) is 60.0 Å². The maximum absolute atomic E-state index is 13.2. The summed E-state index contributed by atoms with van der Waals surface area (Å²) in [5, 5.41) is 5.82. The number of carbonyl (C=O) groups excluding carboxylic acids is 3. The summed E-state index contributed by atoms with van der Waals surface area (Å²) in [6.07, 6.45) is 2.33. The quantitative estimate of drug-likeness (QED) is 0.346. The standard InChI is InChI=1S/C28H31BrN6O4/c1-28(2,3)39-27(38)32-19-11-13-35(14-12-19)21-10-9-18(24(36)17-7-5-4-6-8-17)15-20(21)33-26(37)23-25(30)31-16-22(29)34-23/h4-10,15-16,19H,11-14H2,1-3H3,(H2,30,31)(H,32,38)(H,33,37). The number of carbonyl (C=O) groups is 3. The van der Waals surface area contributed by atoms with E-state index in [-0.39, 0.29) is 23.3 Å². The van der Waals surface area contributed by atoms with Crippen LogP contribution in [-0.2, 0) is 4.74 Å². The minimum absolute atomic E-state index is 0.0113. The number of piperidine rings is 1. The molecule has 0 radical (unpaired) electrons. The molecular weight excluding hydrogens is 564 g/mol. The summed E-state index contributed by atoms with van der Waals surface area (Å²) in [7, 11) is 0. The van der Waals surface area contributed by atoms with Crippen molar-refractivity contribution in [2.75, 3.05) is 29.0 Å². The number of nitrogens with zero attached hydrogens (tertiary/aromatic N) is 3. The van der Waals surface area contributed by atoms with E-state index in [0.717, 1.165) is 5.69 Å². The number of rotatable bonds is 6. The molecule has 4 rings (SSSR count). The number of halogens is 1. The predicted octanol–water partition coefficient (Wildman–Crippen LogP) is 4.80. The Morgan fingerprint density at radius 1 is 1.05 bits per heavy atom. The zero-order valence-corrected chi connectivity index (χ0v) is 23.6. The summed E-state index contributed by atoms with van der Waals surface area (Å²) in [5.41, 5.74) is 7.46. The van der Waals surface area contributed by atoms with Gasteiger partial charge in [-0.15, -0.1) is 0 Å². The molecule has 11 heteroatoms. The van der Waals surface area contributed by atoms with Crippen LogP contribution in [0.25, 0.3) is 0 Å². The first kappa shape index (κ1) is 28.0. The SMILES string of the molecule is CC(C)(C)OC(=O)NC1CCN(c2ccc(C(=O)c3ccccc3)cc2NC(=O)c2nc(Br)cnc2N)CC1. The van der Waals surface area contributed by atoms with Gasteiger partial charge in [0.15, 0.2) is 17.3 Å². The first-order chi connectivity index (χ1) is 18.5. The maximum atomic E-state index is 13.2. The van der Waals surface area contributed by atoms with Gasteiger partial charge in [0.1, 0.15) is 10.2 Å². The minimum atomic E-state index is -0.571. The van der Waals surface area contributed by atoms with E-state index in [1.807, 2.05) is 32.9 Å². The van der Waals surface area contributed by atoms with Crippen LogP contribution in [0, 0.1) is 0 Å². The molecule has 1 aliphatic heterocycles. The number of nitrogen functional groups attached to an aromatic ring is 1. The normalized spacial score (nSPS) is 14.0. The second-order valence-electron chi connectivity index (χ2n) is 10.2. The van der Waals surface area contributed by atoms with Gasteiger partial charge >= 0.3 is 6.09 Å². The molecule has 204 valence electrons. The van der Waals surface area contributed by atoms with Crippen LogP contribution in [0.2, 0.25) is 0 Å². The highest BCUT2D eigenvalue weighted by Gasteiger charge is 2.26. The lowest BCUT2D eigenvalue weighted by atomic mass is 10.00. The van der Waals surface area contributed by atoms with Gasteiger partial charge in [0.2, 0.25) is 0 Å². The molecule has 0 atom stereocenters. The Morgan fingerprint density at radius 3 is 2.41 bits per heavy atom. The number of aromatic nitrogens is 2. The smallest absolute Gasteiger partial charge is 0.407 e. The fraction of sp³-hybridized carbons (Fsp3) is 0.321. The van der Waals surface area contributed by atoms with Crippen molar-refractivity contribution in [3.05, 3.63) is 76.2 Å². The summed E-state index contributed by atoms with van der Waals surface area (Å²) in [5.74, 6) is -0.726.